The van der Waals surface area contributed by atoms with Gasteiger partial charge in [-0.3, -0.25) is 20.4 Å². The first kappa shape index (κ1) is 21.9. The molecule has 1 saturated heterocycles. The molecule has 160 valence electrons. The van der Waals surface area contributed by atoms with Crippen LogP contribution < -0.4 is 10.9 Å². The number of hydrazine groups is 1. The number of nitrogens with zero attached hydrogens (tertiary/aromatic N) is 1. The summed E-state index contributed by atoms with van der Waals surface area (Å²) in [5.41, 5.74) is 5.84. The second kappa shape index (κ2) is 9.36. The Hall–Kier alpha value is -2.78. The third-order valence-electron chi connectivity index (χ3n) is 4.98. The fourth-order valence-corrected chi connectivity index (χ4v) is 5.06. The van der Waals surface area contributed by atoms with E-state index in [1.165, 1.54) is 40.7 Å². The van der Waals surface area contributed by atoms with Gasteiger partial charge in [0, 0.05) is 18.7 Å². The summed E-state index contributed by atoms with van der Waals surface area (Å²) >= 11 is 0. The van der Waals surface area contributed by atoms with Gasteiger partial charge in [0.15, 0.2) is 0 Å². The molecule has 2 N–H and O–H groups in total. The Morgan fingerprint density at radius 1 is 1.00 bits per heavy atom. The first-order valence-corrected chi connectivity index (χ1v) is 11.2. The van der Waals surface area contributed by atoms with Crippen molar-refractivity contribution in [3.8, 4) is 0 Å². The zero-order valence-corrected chi connectivity index (χ0v) is 17.5. The maximum Gasteiger partial charge on any atom is 0.269 e. The lowest BCUT2D eigenvalue weighted by Crippen LogP contribution is -2.42. The van der Waals surface area contributed by atoms with Gasteiger partial charge in [0.25, 0.3) is 5.91 Å². The van der Waals surface area contributed by atoms with Crippen LogP contribution in [0.4, 0.5) is 4.39 Å². The normalized spacial score (nSPS) is 14.9. The van der Waals surface area contributed by atoms with E-state index >= 15 is 0 Å². The van der Waals surface area contributed by atoms with Crippen LogP contribution in [0.25, 0.3) is 0 Å². The van der Waals surface area contributed by atoms with E-state index in [9.17, 15) is 22.4 Å². The first-order chi connectivity index (χ1) is 14.3. The number of hydrogen-bond donors (Lipinski definition) is 2. The molecule has 0 unspecified atom stereocenters. The van der Waals surface area contributed by atoms with E-state index in [1.807, 2.05) is 0 Å². The molecule has 9 heteroatoms. The number of halogens is 1. The average molecular weight is 434 g/mol. The molecule has 1 aliphatic rings. The van der Waals surface area contributed by atoms with Crippen molar-refractivity contribution in [3.63, 3.8) is 0 Å². The van der Waals surface area contributed by atoms with Crippen LogP contribution in [0, 0.1) is 12.7 Å². The predicted molar refractivity (Wildman–Crippen MR) is 110 cm³/mol. The van der Waals surface area contributed by atoms with Crippen LogP contribution >= 0.6 is 0 Å². The highest BCUT2D eigenvalue weighted by Gasteiger charge is 2.28. The van der Waals surface area contributed by atoms with E-state index in [0.29, 0.717) is 24.2 Å². The number of sulfonamides is 1. The average Bonchev–Trinajstić information content (AvgIpc) is 2.74. The van der Waals surface area contributed by atoms with Gasteiger partial charge < -0.3 is 0 Å². The fourth-order valence-electron chi connectivity index (χ4n) is 3.29. The zero-order valence-electron chi connectivity index (χ0n) is 16.7. The van der Waals surface area contributed by atoms with Gasteiger partial charge >= 0.3 is 0 Å². The number of rotatable bonds is 5. The summed E-state index contributed by atoms with van der Waals surface area (Å²) in [6.45, 7) is 2.62. The fraction of sp³-hybridized carbons (Fsp3) is 0.333. The molecule has 3 rings (SSSR count). The second-order valence-corrected chi connectivity index (χ2v) is 9.16. The SMILES string of the molecule is Cc1ccc(C(=O)NNC(=O)Cc2ccc(F)cc2)cc1S(=O)(=O)N1CCCCC1. The van der Waals surface area contributed by atoms with Crippen molar-refractivity contribution in [2.75, 3.05) is 13.1 Å². The molecule has 2 aromatic rings. The second-order valence-electron chi connectivity index (χ2n) is 7.25. The Bertz CT molecular complexity index is 1030. The summed E-state index contributed by atoms with van der Waals surface area (Å²) in [5.74, 6) is -1.51. The number of piperidine rings is 1. The third kappa shape index (κ3) is 5.22. The Kier molecular flexibility index (Phi) is 6.84. The molecular weight excluding hydrogens is 409 g/mol. The Balaban J connectivity index is 1.67. The Morgan fingerprint density at radius 3 is 2.33 bits per heavy atom. The monoisotopic (exact) mass is 433 g/mol. The van der Waals surface area contributed by atoms with Gasteiger partial charge in [-0.1, -0.05) is 24.6 Å². The van der Waals surface area contributed by atoms with Gasteiger partial charge in [-0.05, 0) is 55.2 Å². The first-order valence-electron chi connectivity index (χ1n) is 9.72. The van der Waals surface area contributed by atoms with Crippen LogP contribution in [-0.2, 0) is 21.2 Å². The molecule has 0 aromatic heterocycles. The largest absolute Gasteiger partial charge is 0.273 e. The van der Waals surface area contributed by atoms with Crippen LogP contribution in [0.1, 0.15) is 40.7 Å². The molecule has 0 radical (unpaired) electrons. The molecule has 1 heterocycles. The van der Waals surface area contributed by atoms with E-state index in [-0.39, 0.29) is 16.9 Å². The number of nitrogens with one attached hydrogen (secondary N) is 2. The molecule has 0 spiro atoms. The van der Waals surface area contributed by atoms with Crippen molar-refractivity contribution in [3.05, 3.63) is 65.0 Å². The van der Waals surface area contributed by atoms with Crippen molar-refractivity contribution >= 4 is 21.8 Å². The van der Waals surface area contributed by atoms with Crippen molar-refractivity contribution in [2.24, 2.45) is 0 Å². The van der Waals surface area contributed by atoms with E-state index in [1.54, 1.807) is 13.0 Å². The number of carbonyl (C=O) groups excluding carboxylic acids is 2. The molecule has 0 aliphatic carbocycles. The predicted octanol–water partition coefficient (Wildman–Crippen LogP) is 2.31. The van der Waals surface area contributed by atoms with E-state index in [0.717, 1.165) is 19.3 Å². The lowest BCUT2D eigenvalue weighted by molar-refractivity contribution is -0.121. The van der Waals surface area contributed by atoms with Gasteiger partial charge in [0.05, 0.1) is 11.3 Å². The lowest BCUT2D eigenvalue weighted by Gasteiger charge is -2.26. The third-order valence-corrected chi connectivity index (χ3v) is 7.02. The summed E-state index contributed by atoms with van der Waals surface area (Å²) < 4.78 is 40.3. The van der Waals surface area contributed by atoms with Crippen molar-refractivity contribution < 1.29 is 22.4 Å². The maximum atomic E-state index is 13.0. The van der Waals surface area contributed by atoms with Gasteiger partial charge in [0.2, 0.25) is 15.9 Å². The van der Waals surface area contributed by atoms with Gasteiger partial charge in [0.1, 0.15) is 5.82 Å². The number of benzene rings is 2. The molecule has 0 saturated carbocycles. The van der Waals surface area contributed by atoms with Gasteiger partial charge in [-0.2, -0.15) is 4.31 Å². The highest BCUT2D eigenvalue weighted by Crippen LogP contribution is 2.24. The summed E-state index contributed by atoms with van der Waals surface area (Å²) in [6.07, 6.45) is 2.60. The molecule has 2 amide bonds. The van der Waals surface area contributed by atoms with Crippen LogP contribution in [0.5, 0.6) is 0 Å². The van der Waals surface area contributed by atoms with Crippen molar-refractivity contribution in [1.29, 1.82) is 0 Å². The topological polar surface area (TPSA) is 95.6 Å². The van der Waals surface area contributed by atoms with E-state index < -0.39 is 27.7 Å². The molecule has 0 atom stereocenters. The van der Waals surface area contributed by atoms with E-state index in [4.69, 9.17) is 0 Å². The van der Waals surface area contributed by atoms with E-state index in [2.05, 4.69) is 10.9 Å². The van der Waals surface area contributed by atoms with Crippen LogP contribution in [-0.4, -0.2) is 37.6 Å². The summed E-state index contributed by atoms with van der Waals surface area (Å²) in [5, 5.41) is 0. The molecule has 0 bridgehead atoms. The summed E-state index contributed by atoms with van der Waals surface area (Å²) in [7, 11) is -3.69. The van der Waals surface area contributed by atoms with Crippen molar-refractivity contribution in [1.82, 2.24) is 15.2 Å². The van der Waals surface area contributed by atoms with Gasteiger partial charge in [-0.25, -0.2) is 12.8 Å². The highest BCUT2D eigenvalue weighted by molar-refractivity contribution is 7.89. The maximum absolute atomic E-state index is 13.0. The van der Waals surface area contributed by atoms with Gasteiger partial charge in [-0.15, -0.1) is 0 Å². The smallest absolute Gasteiger partial charge is 0.269 e. The molecule has 1 fully saturated rings. The Labute approximate surface area is 175 Å². The van der Waals surface area contributed by atoms with Crippen LogP contribution in [0.15, 0.2) is 47.4 Å². The Morgan fingerprint density at radius 2 is 1.67 bits per heavy atom. The minimum atomic E-state index is -3.69. The number of amides is 2. The lowest BCUT2D eigenvalue weighted by atomic mass is 10.1. The minimum absolute atomic E-state index is 0.0386. The molecule has 30 heavy (non-hydrogen) atoms. The number of hydrogen-bond acceptors (Lipinski definition) is 4. The zero-order chi connectivity index (χ0) is 21.7. The number of aryl methyl sites for hydroxylation is 1. The van der Waals surface area contributed by atoms with Crippen molar-refractivity contribution in [2.45, 2.75) is 37.5 Å². The minimum Gasteiger partial charge on any atom is -0.273 e. The number of carbonyl (C=O) groups is 2. The summed E-state index contributed by atoms with van der Waals surface area (Å²) in [6, 6.07) is 9.87. The standard InChI is InChI=1S/C21H24FN3O4S/c1-15-5-8-17(14-19(15)30(28,29)25-11-3-2-4-12-25)21(27)24-23-20(26)13-16-6-9-18(22)10-7-16/h5-10,14H,2-4,11-13H2,1H3,(H,23,26)(H,24,27). The quantitative estimate of drug-likeness (QED) is 0.708. The van der Waals surface area contributed by atoms with Crippen LogP contribution in [0.3, 0.4) is 0 Å². The molecular formula is C21H24FN3O4S. The van der Waals surface area contributed by atoms with Crippen LogP contribution in [0.2, 0.25) is 0 Å². The summed E-state index contributed by atoms with van der Waals surface area (Å²) in [4.78, 5) is 24.5. The molecule has 1 aliphatic heterocycles. The highest BCUT2D eigenvalue weighted by atomic mass is 32.2. The molecule has 7 nitrogen and oxygen atoms in total. The molecule has 2 aromatic carbocycles.